The molecule has 0 radical (unpaired) electrons. The molecule has 0 spiro atoms. The molecule has 0 amide bonds. The number of nitrogens with one attached hydrogen (secondary N) is 1. The number of aromatic amines is 1. The number of rotatable bonds is 2. The van der Waals surface area contributed by atoms with Crippen molar-refractivity contribution in [2.24, 2.45) is 5.92 Å². The first-order valence-electron chi connectivity index (χ1n) is 5.46. The Kier molecular flexibility index (Phi) is 3.35. The van der Waals surface area contributed by atoms with Crippen LogP contribution in [-0.2, 0) is 6.54 Å². The predicted molar refractivity (Wildman–Crippen MR) is 58.6 cm³/mol. The summed E-state index contributed by atoms with van der Waals surface area (Å²) in [4.78, 5) is 0. The SMILES string of the molecule is S=c1[nH]ncn1CC1CCCCCC1. The maximum Gasteiger partial charge on any atom is 0.194 e. The van der Waals surface area contributed by atoms with Crippen molar-refractivity contribution >= 4 is 12.2 Å². The number of H-pyrrole nitrogens is 1. The van der Waals surface area contributed by atoms with Crippen molar-refractivity contribution in [1.82, 2.24) is 14.8 Å². The molecule has 1 heterocycles. The van der Waals surface area contributed by atoms with Crippen LogP contribution in [0.1, 0.15) is 38.5 Å². The quantitative estimate of drug-likeness (QED) is 0.603. The Morgan fingerprint density at radius 2 is 2.07 bits per heavy atom. The lowest BCUT2D eigenvalue weighted by atomic mass is 10.0. The number of aromatic nitrogens is 3. The van der Waals surface area contributed by atoms with Gasteiger partial charge in [0.15, 0.2) is 4.77 Å². The summed E-state index contributed by atoms with van der Waals surface area (Å²) < 4.78 is 2.82. The monoisotopic (exact) mass is 211 g/mol. The van der Waals surface area contributed by atoms with E-state index in [9.17, 15) is 0 Å². The van der Waals surface area contributed by atoms with Crippen molar-refractivity contribution in [3.05, 3.63) is 11.1 Å². The molecule has 1 N–H and O–H groups in total. The van der Waals surface area contributed by atoms with E-state index in [1.165, 1.54) is 38.5 Å². The summed E-state index contributed by atoms with van der Waals surface area (Å²) in [5.74, 6) is 0.807. The van der Waals surface area contributed by atoms with Gasteiger partial charge in [-0.15, -0.1) is 0 Å². The lowest BCUT2D eigenvalue weighted by molar-refractivity contribution is 0.393. The molecule has 1 aliphatic carbocycles. The van der Waals surface area contributed by atoms with Crippen LogP contribution >= 0.6 is 12.2 Å². The van der Waals surface area contributed by atoms with Crippen LogP contribution in [-0.4, -0.2) is 14.8 Å². The molecular formula is C10H17N3S. The van der Waals surface area contributed by atoms with Crippen LogP contribution in [0.2, 0.25) is 0 Å². The summed E-state index contributed by atoms with van der Waals surface area (Å²) in [5.41, 5.74) is 0. The third kappa shape index (κ3) is 2.44. The van der Waals surface area contributed by atoms with Gasteiger partial charge in [0, 0.05) is 6.54 Å². The fourth-order valence-electron chi connectivity index (χ4n) is 2.23. The van der Waals surface area contributed by atoms with Gasteiger partial charge in [-0.05, 0) is 31.0 Å². The second-order valence-electron chi connectivity index (χ2n) is 4.17. The topological polar surface area (TPSA) is 33.6 Å². The minimum atomic E-state index is 0.759. The minimum absolute atomic E-state index is 0.759. The second-order valence-corrected chi connectivity index (χ2v) is 4.56. The Bertz CT molecular complexity index is 320. The zero-order chi connectivity index (χ0) is 9.80. The van der Waals surface area contributed by atoms with Crippen molar-refractivity contribution in [2.45, 2.75) is 45.1 Å². The Morgan fingerprint density at radius 3 is 2.64 bits per heavy atom. The average Bonchev–Trinajstić information content (AvgIpc) is 2.44. The molecule has 78 valence electrons. The molecule has 1 aliphatic rings. The van der Waals surface area contributed by atoms with Crippen LogP contribution in [0, 0.1) is 10.7 Å². The van der Waals surface area contributed by atoms with Gasteiger partial charge in [0.2, 0.25) is 0 Å². The first-order valence-corrected chi connectivity index (χ1v) is 5.87. The zero-order valence-corrected chi connectivity index (χ0v) is 9.22. The van der Waals surface area contributed by atoms with Crippen molar-refractivity contribution in [3.63, 3.8) is 0 Å². The maximum absolute atomic E-state index is 5.13. The van der Waals surface area contributed by atoms with E-state index in [1.54, 1.807) is 0 Å². The highest BCUT2D eigenvalue weighted by Crippen LogP contribution is 2.23. The van der Waals surface area contributed by atoms with Crippen molar-refractivity contribution in [2.75, 3.05) is 0 Å². The molecule has 1 aromatic heterocycles. The maximum atomic E-state index is 5.13. The first-order chi connectivity index (χ1) is 6.86. The molecule has 1 saturated carbocycles. The van der Waals surface area contributed by atoms with E-state index < -0.39 is 0 Å². The number of nitrogens with zero attached hydrogens (tertiary/aromatic N) is 2. The Labute approximate surface area is 89.5 Å². The average molecular weight is 211 g/mol. The van der Waals surface area contributed by atoms with Crippen LogP contribution < -0.4 is 0 Å². The molecule has 0 aliphatic heterocycles. The summed E-state index contributed by atoms with van der Waals surface area (Å²) in [6, 6.07) is 0. The van der Waals surface area contributed by atoms with Gasteiger partial charge in [0.25, 0.3) is 0 Å². The normalized spacial score (nSPS) is 19.4. The molecule has 1 aromatic rings. The van der Waals surface area contributed by atoms with Gasteiger partial charge in [-0.3, -0.25) is 5.10 Å². The summed E-state index contributed by atoms with van der Waals surface area (Å²) in [5, 5.41) is 6.75. The highest BCUT2D eigenvalue weighted by molar-refractivity contribution is 7.71. The van der Waals surface area contributed by atoms with Crippen molar-refractivity contribution in [3.8, 4) is 0 Å². The number of hydrogen-bond donors (Lipinski definition) is 1. The van der Waals surface area contributed by atoms with E-state index in [1.807, 2.05) is 6.33 Å². The molecule has 4 heteroatoms. The molecule has 0 saturated heterocycles. The van der Waals surface area contributed by atoms with Gasteiger partial charge in [-0.2, -0.15) is 5.10 Å². The Morgan fingerprint density at radius 1 is 1.36 bits per heavy atom. The molecule has 0 atom stereocenters. The van der Waals surface area contributed by atoms with Crippen LogP contribution in [0.3, 0.4) is 0 Å². The number of hydrogen-bond acceptors (Lipinski definition) is 2. The van der Waals surface area contributed by atoms with E-state index >= 15 is 0 Å². The van der Waals surface area contributed by atoms with E-state index in [0.717, 1.165) is 17.2 Å². The fraction of sp³-hybridized carbons (Fsp3) is 0.800. The predicted octanol–water partition coefficient (Wildman–Crippen LogP) is 2.91. The smallest absolute Gasteiger partial charge is 0.194 e. The van der Waals surface area contributed by atoms with Crippen LogP contribution in [0.25, 0.3) is 0 Å². The molecule has 1 fully saturated rings. The summed E-state index contributed by atoms with van der Waals surface area (Å²) in [6.45, 7) is 1.05. The van der Waals surface area contributed by atoms with E-state index in [4.69, 9.17) is 12.2 Å². The highest BCUT2D eigenvalue weighted by atomic mass is 32.1. The van der Waals surface area contributed by atoms with Crippen molar-refractivity contribution in [1.29, 1.82) is 0 Å². The lowest BCUT2D eigenvalue weighted by Gasteiger charge is -2.13. The van der Waals surface area contributed by atoms with Gasteiger partial charge in [0.1, 0.15) is 6.33 Å². The van der Waals surface area contributed by atoms with E-state index in [-0.39, 0.29) is 0 Å². The zero-order valence-electron chi connectivity index (χ0n) is 8.41. The van der Waals surface area contributed by atoms with Gasteiger partial charge in [0.05, 0.1) is 0 Å². The molecule has 0 unspecified atom stereocenters. The van der Waals surface area contributed by atoms with E-state index in [0.29, 0.717) is 0 Å². The summed E-state index contributed by atoms with van der Waals surface area (Å²) in [7, 11) is 0. The van der Waals surface area contributed by atoms with Gasteiger partial charge in [-0.25, -0.2) is 0 Å². The third-order valence-corrected chi connectivity index (χ3v) is 3.37. The minimum Gasteiger partial charge on any atom is -0.306 e. The first kappa shape index (κ1) is 9.90. The molecule has 14 heavy (non-hydrogen) atoms. The van der Waals surface area contributed by atoms with Crippen LogP contribution in [0.5, 0.6) is 0 Å². The summed E-state index contributed by atoms with van der Waals surface area (Å²) >= 11 is 5.13. The Balaban J connectivity index is 1.96. The third-order valence-electron chi connectivity index (χ3n) is 3.05. The standard InChI is InChI=1S/C10H17N3S/c14-10-12-11-8-13(10)7-9-5-3-1-2-4-6-9/h8-9H,1-7H2,(H,12,14). The molecular weight excluding hydrogens is 194 g/mol. The van der Waals surface area contributed by atoms with E-state index in [2.05, 4.69) is 14.8 Å². The van der Waals surface area contributed by atoms with Crippen LogP contribution in [0.15, 0.2) is 6.33 Å². The highest BCUT2D eigenvalue weighted by Gasteiger charge is 2.12. The lowest BCUT2D eigenvalue weighted by Crippen LogP contribution is -2.09. The van der Waals surface area contributed by atoms with Crippen LogP contribution in [0.4, 0.5) is 0 Å². The fourth-order valence-corrected chi connectivity index (χ4v) is 2.40. The van der Waals surface area contributed by atoms with Crippen molar-refractivity contribution < 1.29 is 0 Å². The summed E-state index contributed by atoms with van der Waals surface area (Å²) in [6.07, 6.45) is 10.1. The molecule has 2 rings (SSSR count). The van der Waals surface area contributed by atoms with Gasteiger partial charge < -0.3 is 4.57 Å². The second kappa shape index (κ2) is 4.73. The molecule has 3 nitrogen and oxygen atoms in total. The Hall–Kier alpha value is -0.640. The largest absolute Gasteiger partial charge is 0.306 e. The van der Waals surface area contributed by atoms with Gasteiger partial charge in [-0.1, -0.05) is 25.7 Å². The van der Waals surface area contributed by atoms with Gasteiger partial charge >= 0.3 is 0 Å². The molecule has 0 bridgehead atoms. The molecule has 0 aromatic carbocycles.